The minimum absolute atomic E-state index is 0.0617. The molecule has 2 amide bonds. The van der Waals surface area contributed by atoms with E-state index in [1.54, 1.807) is 18.2 Å². The SMILES string of the molecule is O=C(NCCN1CCCC1)c1cccc(-c2cccc(CN(CCc3ccc(O)cc3)C(=O)C=Cc3ccccc3)c2)c1. The first kappa shape index (κ1) is 29.8. The van der Waals surface area contributed by atoms with Crippen LogP contribution in [0.25, 0.3) is 17.2 Å². The molecule has 1 fully saturated rings. The van der Waals surface area contributed by atoms with E-state index in [0.29, 0.717) is 31.6 Å². The van der Waals surface area contributed by atoms with Crippen molar-refractivity contribution in [2.75, 3.05) is 32.7 Å². The first-order valence-corrected chi connectivity index (χ1v) is 15.0. The number of nitrogens with one attached hydrogen (secondary N) is 1. The van der Waals surface area contributed by atoms with Crippen LogP contribution >= 0.6 is 0 Å². The Morgan fingerprint density at radius 2 is 1.53 bits per heavy atom. The van der Waals surface area contributed by atoms with Crippen molar-refractivity contribution in [1.82, 2.24) is 15.1 Å². The summed E-state index contributed by atoms with van der Waals surface area (Å²) in [7, 11) is 0. The Hall–Kier alpha value is -4.68. The van der Waals surface area contributed by atoms with Crippen molar-refractivity contribution in [1.29, 1.82) is 0 Å². The summed E-state index contributed by atoms with van der Waals surface area (Å²) in [5.74, 6) is 0.0944. The number of benzene rings is 4. The van der Waals surface area contributed by atoms with Gasteiger partial charge >= 0.3 is 0 Å². The van der Waals surface area contributed by atoms with Gasteiger partial charge in [0.1, 0.15) is 5.75 Å². The Balaban J connectivity index is 1.28. The Bertz CT molecular complexity index is 1530. The number of phenolic OH excluding ortho intramolecular Hbond substituents is 1. The van der Waals surface area contributed by atoms with E-state index in [2.05, 4.69) is 16.3 Å². The van der Waals surface area contributed by atoms with Gasteiger partial charge in [-0.2, -0.15) is 0 Å². The summed E-state index contributed by atoms with van der Waals surface area (Å²) in [6.45, 7) is 4.73. The van der Waals surface area contributed by atoms with E-state index < -0.39 is 0 Å². The highest BCUT2D eigenvalue weighted by molar-refractivity contribution is 5.95. The van der Waals surface area contributed by atoms with Crippen LogP contribution in [0.5, 0.6) is 5.75 Å². The molecule has 220 valence electrons. The molecule has 1 aliphatic rings. The summed E-state index contributed by atoms with van der Waals surface area (Å²) in [5.41, 5.74) is 5.62. The lowest BCUT2D eigenvalue weighted by atomic mass is 10.0. The van der Waals surface area contributed by atoms with E-state index in [1.807, 2.05) is 95.9 Å². The average molecular weight is 574 g/mol. The van der Waals surface area contributed by atoms with Crippen LogP contribution in [0.3, 0.4) is 0 Å². The second kappa shape index (κ2) is 15.0. The number of likely N-dealkylation sites (tertiary alicyclic amines) is 1. The molecule has 0 unspecified atom stereocenters. The summed E-state index contributed by atoms with van der Waals surface area (Å²) in [4.78, 5) is 30.5. The fourth-order valence-corrected chi connectivity index (χ4v) is 5.38. The first-order chi connectivity index (χ1) is 21.0. The van der Waals surface area contributed by atoms with E-state index in [1.165, 1.54) is 12.8 Å². The molecule has 43 heavy (non-hydrogen) atoms. The fourth-order valence-electron chi connectivity index (χ4n) is 5.38. The number of carbonyl (C=O) groups is 2. The quantitative estimate of drug-likeness (QED) is 0.199. The van der Waals surface area contributed by atoms with Crippen LogP contribution in [0, 0.1) is 0 Å². The highest BCUT2D eigenvalue weighted by atomic mass is 16.3. The number of hydrogen-bond acceptors (Lipinski definition) is 4. The van der Waals surface area contributed by atoms with Crippen LogP contribution in [0.1, 0.15) is 39.9 Å². The van der Waals surface area contributed by atoms with E-state index in [4.69, 9.17) is 0 Å². The Kier molecular flexibility index (Phi) is 10.4. The largest absolute Gasteiger partial charge is 0.508 e. The highest BCUT2D eigenvalue weighted by Gasteiger charge is 2.14. The van der Waals surface area contributed by atoms with Crippen molar-refractivity contribution in [3.05, 3.63) is 131 Å². The first-order valence-electron chi connectivity index (χ1n) is 15.0. The van der Waals surface area contributed by atoms with Crippen molar-refractivity contribution in [3.8, 4) is 16.9 Å². The summed E-state index contributed by atoms with van der Waals surface area (Å²) >= 11 is 0. The minimum atomic E-state index is -0.0689. The zero-order chi connectivity index (χ0) is 29.9. The lowest BCUT2D eigenvalue weighted by Crippen LogP contribution is -2.33. The van der Waals surface area contributed by atoms with Crippen LogP contribution in [0.4, 0.5) is 0 Å². The number of rotatable bonds is 12. The third-order valence-corrected chi connectivity index (χ3v) is 7.81. The number of phenols is 1. The molecule has 4 aromatic carbocycles. The standard InChI is InChI=1S/C37H39N3O3/c41-35-17-14-30(15-18-35)20-24-40(36(42)19-16-29-8-2-1-3-9-29)28-31-10-6-11-32(26-31)33-12-7-13-34(27-33)37(43)38-21-25-39-22-4-5-23-39/h1-3,6-19,26-27,41H,4-5,20-25,28H2,(H,38,43). The maximum absolute atomic E-state index is 13.4. The van der Waals surface area contributed by atoms with Crippen LogP contribution in [0.15, 0.2) is 109 Å². The van der Waals surface area contributed by atoms with Crippen LogP contribution < -0.4 is 5.32 Å². The number of carbonyl (C=O) groups excluding carboxylic acids is 2. The predicted molar refractivity (Wildman–Crippen MR) is 173 cm³/mol. The molecule has 2 N–H and O–H groups in total. The molecule has 0 aliphatic carbocycles. The van der Waals surface area contributed by atoms with Gasteiger partial charge in [0.05, 0.1) is 0 Å². The summed E-state index contributed by atoms with van der Waals surface area (Å²) in [6.07, 6.45) is 6.61. The van der Waals surface area contributed by atoms with E-state index in [9.17, 15) is 14.7 Å². The molecular formula is C37H39N3O3. The van der Waals surface area contributed by atoms with Crippen molar-refractivity contribution in [2.24, 2.45) is 0 Å². The molecule has 5 rings (SSSR count). The van der Waals surface area contributed by atoms with Crippen molar-refractivity contribution < 1.29 is 14.7 Å². The molecule has 0 saturated carbocycles. The molecule has 6 nitrogen and oxygen atoms in total. The van der Waals surface area contributed by atoms with Gasteiger partial charge < -0.3 is 20.2 Å². The summed E-state index contributed by atoms with van der Waals surface area (Å²) in [6, 6.07) is 32.7. The van der Waals surface area contributed by atoms with Gasteiger partial charge in [-0.1, -0.05) is 72.8 Å². The minimum Gasteiger partial charge on any atom is -0.508 e. The number of hydrogen-bond donors (Lipinski definition) is 2. The molecule has 0 radical (unpaired) electrons. The van der Waals surface area contributed by atoms with E-state index in [0.717, 1.165) is 47.5 Å². The van der Waals surface area contributed by atoms with Gasteiger partial charge in [0.15, 0.2) is 0 Å². The van der Waals surface area contributed by atoms with Gasteiger partial charge in [-0.3, -0.25) is 9.59 Å². The average Bonchev–Trinajstić information content (AvgIpc) is 3.57. The molecule has 0 atom stereocenters. The molecule has 1 heterocycles. The summed E-state index contributed by atoms with van der Waals surface area (Å²) in [5, 5.41) is 12.7. The lowest BCUT2D eigenvalue weighted by molar-refractivity contribution is -0.126. The van der Waals surface area contributed by atoms with Gasteiger partial charge in [0, 0.05) is 37.8 Å². The molecule has 4 aromatic rings. The van der Waals surface area contributed by atoms with E-state index in [-0.39, 0.29) is 17.6 Å². The number of nitrogens with zero attached hydrogens (tertiary/aromatic N) is 2. The Morgan fingerprint density at radius 3 is 2.30 bits per heavy atom. The molecule has 0 spiro atoms. The molecule has 1 aliphatic heterocycles. The molecule has 0 bridgehead atoms. The molecule has 1 saturated heterocycles. The predicted octanol–water partition coefficient (Wildman–Crippen LogP) is 6.17. The fraction of sp³-hybridized carbons (Fsp3) is 0.243. The van der Waals surface area contributed by atoms with Crippen LogP contribution in [-0.4, -0.2) is 59.4 Å². The van der Waals surface area contributed by atoms with Gasteiger partial charge in [0.25, 0.3) is 5.91 Å². The maximum Gasteiger partial charge on any atom is 0.251 e. The molecular weight excluding hydrogens is 534 g/mol. The van der Waals surface area contributed by atoms with Crippen LogP contribution in [-0.2, 0) is 17.8 Å². The number of aromatic hydroxyl groups is 1. The normalized spacial score (nSPS) is 13.3. The van der Waals surface area contributed by atoms with Crippen molar-refractivity contribution >= 4 is 17.9 Å². The zero-order valence-electron chi connectivity index (χ0n) is 24.5. The van der Waals surface area contributed by atoms with Crippen molar-refractivity contribution in [3.63, 3.8) is 0 Å². The number of amides is 2. The van der Waals surface area contributed by atoms with Crippen LogP contribution in [0.2, 0.25) is 0 Å². The van der Waals surface area contributed by atoms with Crippen molar-refractivity contribution in [2.45, 2.75) is 25.8 Å². The topological polar surface area (TPSA) is 72.9 Å². The third-order valence-electron chi connectivity index (χ3n) is 7.81. The second-order valence-corrected chi connectivity index (χ2v) is 11.0. The maximum atomic E-state index is 13.4. The second-order valence-electron chi connectivity index (χ2n) is 11.0. The Labute approximate surface area is 254 Å². The van der Waals surface area contributed by atoms with Gasteiger partial charge in [0.2, 0.25) is 5.91 Å². The van der Waals surface area contributed by atoms with Gasteiger partial charge in [-0.05, 0) is 96.6 Å². The van der Waals surface area contributed by atoms with Gasteiger partial charge in [-0.25, -0.2) is 0 Å². The zero-order valence-corrected chi connectivity index (χ0v) is 24.5. The monoisotopic (exact) mass is 573 g/mol. The van der Waals surface area contributed by atoms with Gasteiger partial charge in [-0.15, -0.1) is 0 Å². The Morgan fingerprint density at radius 1 is 0.814 bits per heavy atom. The highest BCUT2D eigenvalue weighted by Crippen LogP contribution is 2.23. The van der Waals surface area contributed by atoms with E-state index >= 15 is 0 Å². The summed E-state index contributed by atoms with van der Waals surface area (Å²) < 4.78 is 0. The lowest BCUT2D eigenvalue weighted by Gasteiger charge is -2.22. The third kappa shape index (κ3) is 8.90. The molecule has 6 heteroatoms. The molecule has 0 aromatic heterocycles. The smallest absolute Gasteiger partial charge is 0.251 e.